The Bertz CT molecular complexity index is 510. The van der Waals surface area contributed by atoms with Gasteiger partial charge in [0.25, 0.3) is 0 Å². The Morgan fingerprint density at radius 1 is 1.33 bits per heavy atom. The molecular weight excluding hydrogens is 246 g/mol. The van der Waals surface area contributed by atoms with E-state index in [9.17, 15) is 5.11 Å². The fraction of sp³-hybridized carbons (Fsp3) is 0.385. The molecule has 1 fully saturated rings. The second kappa shape index (κ2) is 5.04. The van der Waals surface area contributed by atoms with E-state index in [1.165, 1.54) is 24.4 Å². The quantitative estimate of drug-likeness (QED) is 0.868. The molecule has 1 aromatic heterocycles. The van der Waals surface area contributed by atoms with Gasteiger partial charge in [-0.3, -0.25) is 0 Å². The fourth-order valence-electron chi connectivity index (χ4n) is 1.87. The molecule has 0 saturated heterocycles. The van der Waals surface area contributed by atoms with Crippen molar-refractivity contribution in [2.45, 2.75) is 24.8 Å². The molecule has 4 nitrogen and oxygen atoms in total. The number of benzene rings is 1. The van der Waals surface area contributed by atoms with Crippen LogP contribution >= 0.6 is 11.5 Å². The van der Waals surface area contributed by atoms with Crippen LogP contribution in [0, 0.1) is 0 Å². The van der Waals surface area contributed by atoms with E-state index in [2.05, 4.69) is 14.7 Å². The molecule has 1 atom stereocenters. The van der Waals surface area contributed by atoms with Gasteiger partial charge in [-0.15, -0.1) is 0 Å². The van der Waals surface area contributed by atoms with Crippen LogP contribution in [0.25, 0.3) is 0 Å². The van der Waals surface area contributed by atoms with Gasteiger partial charge in [-0.2, -0.15) is 4.37 Å². The standard InChI is InChI=1S/C13H15N3OS/c17-8-11(9-4-2-1-3-5-9)14-13-15-12(16-18-13)10-6-7-10/h1-5,10-11,17H,6-8H2,(H,14,15,16). The molecule has 1 heterocycles. The van der Waals surface area contributed by atoms with Crippen molar-refractivity contribution in [3.8, 4) is 0 Å². The summed E-state index contributed by atoms with van der Waals surface area (Å²) in [7, 11) is 0. The normalized spacial score (nSPS) is 16.5. The van der Waals surface area contributed by atoms with Gasteiger partial charge in [-0.1, -0.05) is 30.3 Å². The predicted octanol–water partition coefficient (Wildman–Crippen LogP) is 2.56. The first-order valence-electron chi connectivity index (χ1n) is 6.13. The second-order valence-corrected chi connectivity index (χ2v) is 5.27. The summed E-state index contributed by atoms with van der Waals surface area (Å²) in [6.45, 7) is 0.0440. The Kier molecular flexibility index (Phi) is 3.25. The number of anilines is 1. The maximum absolute atomic E-state index is 9.46. The summed E-state index contributed by atoms with van der Waals surface area (Å²) in [5.74, 6) is 1.52. The van der Waals surface area contributed by atoms with Crippen LogP contribution in [0.15, 0.2) is 30.3 Å². The smallest absolute Gasteiger partial charge is 0.203 e. The summed E-state index contributed by atoms with van der Waals surface area (Å²) in [4.78, 5) is 4.47. The Hall–Kier alpha value is -1.46. The van der Waals surface area contributed by atoms with Gasteiger partial charge in [0.2, 0.25) is 5.13 Å². The highest BCUT2D eigenvalue weighted by atomic mass is 32.1. The summed E-state index contributed by atoms with van der Waals surface area (Å²) < 4.78 is 4.35. The van der Waals surface area contributed by atoms with E-state index in [1.54, 1.807) is 0 Å². The number of aliphatic hydroxyl groups excluding tert-OH is 1. The lowest BCUT2D eigenvalue weighted by Crippen LogP contribution is -2.14. The summed E-state index contributed by atoms with van der Waals surface area (Å²) >= 11 is 1.37. The van der Waals surface area contributed by atoms with Gasteiger partial charge in [-0.25, -0.2) is 4.98 Å². The van der Waals surface area contributed by atoms with E-state index in [0.717, 1.165) is 16.5 Å². The SMILES string of the molecule is OCC(Nc1nc(C2CC2)ns1)c1ccccc1. The minimum atomic E-state index is -0.119. The molecule has 2 aromatic rings. The fourth-order valence-corrected chi connectivity index (χ4v) is 2.57. The molecule has 0 radical (unpaired) electrons. The highest BCUT2D eigenvalue weighted by Gasteiger charge is 2.28. The van der Waals surface area contributed by atoms with Crippen molar-refractivity contribution >= 4 is 16.7 Å². The van der Waals surface area contributed by atoms with Crippen LogP contribution in [0.5, 0.6) is 0 Å². The van der Waals surface area contributed by atoms with Crippen molar-refractivity contribution < 1.29 is 5.11 Å². The number of nitrogens with one attached hydrogen (secondary N) is 1. The van der Waals surface area contributed by atoms with E-state index in [1.807, 2.05) is 30.3 Å². The molecule has 1 aliphatic rings. The zero-order valence-corrected chi connectivity index (χ0v) is 10.7. The number of hydrogen-bond donors (Lipinski definition) is 2. The number of hydrogen-bond acceptors (Lipinski definition) is 5. The summed E-state index contributed by atoms with van der Waals surface area (Å²) in [6, 6.07) is 9.78. The third-order valence-corrected chi connectivity index (χ3v) is 3.73. The van der Waals surface area contributed by atoms with Gasteiger partial charge in [0.1, 0.15) is 5.82 Å². The Balaban J connectivity index is 1.72. The van der Waals surface area contributed by atoms with Crippen LogP contribution in [-0.4, -0.2) is 21.1 Å². The minimum Gasteiger partial charge on any atom is -0.394 e. The zero-order valence-electron chi connectivity index (χ0n) is 9.91. The first-order valence-corrected chi connectivity index (χ1v) is 6.90. The van der Waals surface area contributed by atoms with E-state index in [-0.39, 0.29) is 12.6 Å². The average Bonchev–Trinajstić information content (AvgIpc) is 3.17. The van der Waals surface area contributed by atoms with Crippen LogP contribution in [0.4, 0.5) is 5.13 Å². The third kappa shape index (κ3) is 2.52. The number of aliphatic hydroxyl groups is 1. The lowest BCUT2D eigenvalue weighted by molar-refractivity contribution is 0.276. The molecule has 0 aliphatic heterocycles. The molecule has 18 heavy (non-hydrogen) atoms. The Morgan fingerprint density at radius 2 is 2.11 bits per heavy atom. The topological polar surface area (TPSA) is 58.0 Å². The van der Waals surface area contributed by atoms with Gasteiger partial charge in [0.05, 0.1) is 12.6 Å². The number of aromatic nitrogens is 2. The molecule has 0 spiro atoms. The predicted molar refractivity (Wildman–Crippen MR) is 71.8 cm³/mol. The number of nitrogens with zero attached hydrogens (tertiary/aromatic N) is 2. The van der Waals surface area contributed by atoms with Crippen LogP contribution in [0.3, 0.4) is 0 Å². The summed E-state index contributed by atoms with van der Waals surface area (Å²) in [5, 5.41) is 13.5. The molecule has 0 bridgehead atoms. The van der Waals surface area contributed by atoms with Crippen molar-refractivity contribution in [1.82, 2.24) is 9.36 Å². The third-order valence-electron chi connectivity index (χ3n) is 3.07. The Morgan fingerprint density at radius 3 is 2.78 bits per heavy atom. The number of rotatable bonds is 5. The van der Waals surface area contributed by atoms with E-state index in [4.69, 9.17) is 0 Å². The maximum atomic E-state index is 9.46. The van der Waals surface area contributed by atoms with Gasteiger partial charge < -0.3 is 10.4 Å². The van der Waals surface area contributed by atoms with Gasteiger partial charge in [-0.05, 0) is 18.4 Å². The van der Waals surface area contributed by atoms with Crippen molar-refractivity contribution in [2.75, 3.05) is 11.9 Å². The van der Waals surface area contributed by atoms with E-state index in [0.29, 0.717) is 5.92 Å². The summed E-state index contributed by atoms with van der Waals surface area (Å²) in [5.41, 5.74) is 1.06. The maximum Gasteiger partial charge on any atom is 0.203 e. The lowest BCUT2D eigenvalue weighted by Gasteiger charge is -2.15. The highest BCUT2D eigenvalue weighted by molar-refractivity contribution is 7.09. The minimum absolute atomic E-state index is 0.0440. The molecule has 1 unspecified atom stereocenters. The molecule has 1 aliphatic carbocycles. The highest BCUT2D eigenvalue weighted by Crippen LogP contribution is 2.39. The van der Waals surface area contributed by atoms with Crippen LogP contribution in [0.1, 0.15) is 36.2 Å². The molecule has 0 amide bonds. The molecule has 5 heteroatoms. The largest absolute Gasteiger partial charge is 0.394 e. The Labute approximate surface area is 110 Å². The molecule has 3 rings (SSSR count). The van der Waals surface area contributed by atoms with Crippen molar-refractivity contribution in [3.63, 3.8) is 0 Å². The first-order chi connectivity index (χ1) is 8.86. The zero-order chi connectivity index (χ0) is 12.4. The van der Waals surface area contributed by atoms with Crippen molar-refractivity contribution in [2.24, 2.45) is 0 Å². The van der Waals surface area contributed by atoms with Crippen molar-refractivity contribution in [3.05, 3.63) is 41.7 Å². The average molecular weight is 261 g/mol. The first kappa shape index (κ1) is 11.6. The van der Waals surface area contributed by atoms with E-state index >= 15 is 0 Å². The monoisotopic (exact) mass is 261 g/mol. The van der Waals surface area contributed by atoms with Gasteiger partial charge in [0.15, 0.2) is 0 Å². The molecule has 1 aromatic carbocycles. The molecule has 94 valence electrons. The van der Waals surface area contributed by atoms with Crippen molar-refractivity contribution in [1.29, 1.82) is 0 Å². The van der Waals surface area contributed by atoms with E-state index < -0.39 is 0 Å². The molecule has 2 N–H and O–H groups in total. The van der Waals surface area contributed by atoms with Gasteiger partial charge >= 0.3 is 0 Å². The van der Waals surface area contributed by atoms with Crippen LogP contribution in [-0.2, 0) is 0 Å². The summed E-state index contributed by atoms with van der Waals surface area (Å²) in [6.07, 6.45) is 2.41. The lowest BCUT2D eigenvalue weighted by atomic mass is 10.1. The van der Waals surface area contributed by atoms with Crippen LogP contribution in [0.2, 0.25) is 0 Å². The second-order valence-electron chi connectivity index (χ2n) is 4.52. The molecular formula is C13H15N3OS. The van der Waals surface area contributed by atoms with Gasteiger partial charge in [0, 0.05) is 17.5 Å². The van der Waals surface area contributed by atoms with Crippen LogP contribution < -0.4 is 5.32 Å². The molecule has 1 saturated carbocycles.